The van der Waals surface area contributed by atoms with Crippen molar-refractivity contribution in [2.45, 2.75) is 31.8 Å². The Morgan fingerprint density at radius 3 is 2.55 bits per heavy atom. The van der Waals surface area contributed by atoms with Crippen LogP contribution in [0.15, 0.2) is 24.3 Å². The van der Waals surface area contributed by atoms with E-state index in [9.17, 15) is 9.59 Å². The van der Waals surface area contributed by atoms with Crippen molar-refractivity contribution in [3.63, 3.8) is 0 Å². The lowest BCUT2D eigenvalue weighted by Gasteiger charge is -2.35. The number of likely N-dealkylation sites (N-methyl/N-ethyl adjacent to an activating group) is 1. The van der Waals surface area contributed by atoms with Gasteiger partial charge in [-0.2, -0.15) is 0 Å². The van der Waals surface area contributed by atoms with Gasteiger partial charge in [-0.15, -0.1) is 11.3 Å². The Balaban J connectivity index is 1.66. The Bertz CT molecular complexity index is 559. The second-order valence-corrected chi connectivity index (χ2v) is 7.21. The average molecular weight is 321 g/mol. The summed E-state index contributed by atoms with van der Waals surface area (Å²) in [6.45, 7) is 2.73. The average Bonchev–Trinajstić information content (AvgIpc) is 2.82. The summed E-state index contributed by atoms with van der Waals surface area (Å²) in [7, 11) is 3.91. The molecule has 1 heterocycles. The van der Waals surface area contributed by atoms with E-state index in [1.807, 2.05) is 44.1 Å². The predicted octanol–water partition coefficient (Wildman–Crippen LogP) is 1.55. The molecule has 2 N–H and O–H groups in total. The molecule has 1 aromatic rings. The number of nitrogens with zero attached hydrogens (tertiary/aromatic N) is 1. The molecular formula is C16H23N3O2S. The number of rotatable bonds is 6. The summed E-state index contributed by atoms with van der Waals surface area (Å²) < 4.78 is 0. The van der Waals surface area contributed by atoms with Crippen LogP contribution in [0.4, 0.5) is 0 Å². The first-order valence-electron chi connectivity index (χ1n) is 7.43. The Kier molecular flexibility index (Phi) is 5.74. The summed E-state index contributed by atoms with van der Waals surface area (Å²) >= 11 is 1.50. The first-order chi connectivity index (χ1) is 10.4. The molecule has 0 aromatic carbocycles. The highest BCUT2D eigenvalue weighted by atomic mass is 32.1. The quantitative estimate of drug-likeness (QED) is 0.782. The lowest BCUT2D eigenvalue weighted by molar-refractivity contribution is -0.117. The Hall–Kier alpha value is -1.66. The summed E-state index contributed by atoms with van der Waals surface area (Å²) in [4.78, 5) is 27.5. The van der Waals surface area contributed by atoms with E-state index in [2.05, 4.69) is 10.6 Å². The number of thiophene rings is 1. The highest BCUT2D eigenvalue weighted by Crippen LogP contribution is 2.22. The number of aryl methyl sites for hydroxylation is 1. The largest absolute Gasteiger partial charge is 0.350 e. The zero-order chi connectivity index (χ0) is 16.1. The molecular weight excluding hydrogens is 298 g/mol. The third kappa shape index (κ3) is 4.96. The maximum atomic E-state index is 12.0. The molecule has 0 spiro atoms. The van der Waals surface area contributed by atoms with E-state index >= 15 is 0 Å². The van der Waals surface area contributed by atoms with Crippen LogP contribution >= 0.6 is 11.3 Å². The van der Waals surface area contributed by atoms with Crippen LogP contribution < -0.4 is 10.6 Å². The van der Waals surface area contributed by atoms with Gasteiger partial charge in [0.1, 0.15) is 0 Å². The second kappa shape index (κ2) is 7.56. The minimum absolute atomic E-state index is 0.0150. The lowest BCUT2D eigenvalue weighted by Crippen LogP contribution is -2.53. The molecule has 1 fully saturated rings. The number of amides is 2. The van der Waals surface area contributed by atoms with E-state index in [0.717, 1.165) is 29.1 Å². The molecule has 0 saturated heterocycles. The molecule has 0 atom stereocenters. The Morgan fingerprint density at radius 2 is 1.95 bits per heavy atom. The van der Waals surface area contributed by atoms with Gasteiger partial charge in [-0.25, -0.2) is 0 Å². The van der Waals surface area contributed by atoms with Crippen LogP contribution in [0, 0.1) is 6.92 Å². The van der Waals surface area contributed by atoms with Gasteiger partial charge >= 0.3 is 0 Å². The van der Waals surface area contributed by atoms with Crippen molar-refractivity contribution in [1.29, 1.82) is 0 Å². The minimum atomic E-state index is -0.0643. The zero-order valence-corrected chi connectivity index (χ0v) is 14.1. The van der Waals surface area contributed by atoms with Gasteiger partial charge in [-0.3, -0.25) is 9.59 Å². The monoisotopic (exact) mass is 321 g/mol. The molecule has 5 nitrogen and oxygen atoms in total. The van der Waals surface area contributed by atoms with Gasteiger partial charge in [0.05, 0.1) is 4.88 Å². The summed E-state index contributed by atoms with van der Waals surface area (Å²) in [5.41, 5.74) is 0. The smallest absolute Gasteiger partial charge is 0.261 e. The summed E-state index contributed by atoms with van der Waals surface area (Å²) in [5.74, 6) is -0.0794. The fourth-order valence-electron chi connectivity index (χ4n) is 2.29. The maximum Gasteiger partial charge on any atom is 0.261 e. The van der Waals surface area contributed by atoms with Gasteiger partial charge in [-0.1, -0.05) is 6.08 Å². The van der Waals surface area contributed by atoms with Crippen molar-refractivity contribution in [3.05, 3.63) is 34.0 Å². The van der Waals surface area contributed by atoms with E-state index in [0.29, 0.717) is 0 Å². The van der Waals surface area contributed by atoms with Crippen molar-refractivity contribution in [1.82, 2.24) is 15.5 Å². The first-order valence-corrected chi connectivity index (χ1v) is 8.24. The zero-order valence-electron chi connectivity index (χ0n) is 13.3. The van der Waals surface area contributed by atoms with Gasteiger partial charge < -0.3 is 15.5 Å². The van der Waals surface area contributed by atoms with Crippen LogP contribution in [0.1, 0.15) is 27.4 Å². The van der Waals surface area contributed by atoms with E-state index in [1.165, 1.54) is 11.3 Å². The van der Waals surface area contributed by atoms with Gasteiger partial charge in [0.15, 0.2) is 0 Å². The standard InChI is InChI=1S/C16H23N3O2S/c1-11-6-7-14(22-11)16(21)18-13-9-12(10-13)17-15(20)5-4-8-19(2)3/h4-7,12-13H,8-10H2,1-3H3,(H,17,20)(H,18,21)/b5-4+. The van der Waals surface area contributed by atoms with Crippen LogP contribution in [-0.2, 0) is 4.79 Å². The molecule has 22 heavy (non-hydrogen) atoms. The molecule has 1 saturated carbocycles. The molecule has 120 valence electrons. The van der Waals surface area contributed by atoms with Crippen molar-refractivity contribution >= 4 is 23.2 Å². The van der Waals surface area contributed by atoms with Gasteiger partial charge in [0.25, 0.3) is 5.91 Å². The molecule has 2 rings (SSSR count). The predicted molar refractivity (Wildman–Crippen MR) is 89.2 cm³/mol. The van der Waals surface area contributed by atoms with E-state index in [4.69, 9.17) is 0 Å². The fraction of sp³-hybridized carbons (Fsp3) is 0.500. The SMILES string of the molecule is Cc1ccc(C(=O)NC2CC(NC(=O)/C=C/CN(C)C)C2)s1. The molecule has 0 radical (unpaired) electrons. The summed E-state index contributed by atoms with van der Waals surface area (Å²) in [5, 5.41) is 5.95. The van der Waals surface area contributed by atoms with Crippen LogP contribution in [0.25, 0.3) is 0 Å². The second-order valence-electron chi connectivity index (χ2n) is 5.92. The van der Waals surface area contributed by atoms with Crippen molar-refractivity contribution in [3.8, 4) is 0 Å². The first kappa shape index (κ1) is 16.7. The summed E-state index contributed by atoms with van der Waals surface area (Å²) in [6, 6.07) is 4.12. The highest BCUT2D eigenvalue weighted by molar-refractivity contribution is 7.13. The maximum absolute atomic E-state index is 12.0. The molecule has 1 aliphatic carbocycles. The normalized spacial score (nSPS) is 20.9. The Morgan fingerprint density at radius 1 is 1.27 bits per heavy atom. The van der Waals surface area contributed by atoms with Gasteiger partial charge in [0, 0.05) is 29.6 Å². The van der Waals surface area contributed by atoms with Crippen LogP contribution in [0.5, 0.6) is 0 Å². The molecule has 2 amide bonds. The van der Waals surface area contributed by atoms with Crippen molar-refractivity contribution in [2.24, 2.45) is 0 Å². The molecule has 1 aliphatic rings. The lowest BCUT2D eigenvalue weighted by atomic mass is 9.86. The minimum Gasteiger partial charge on any atom is -0.350 e. The van der Waals surface area contributed by atoms with Crippen LogP contribution in [0.3, 0.4) is 0 Å². The number of nitrogens with one attached hydrogen (secondary N) is 2. The van der Waals surface area contributed by atoms with E-state index in [-0.39, 0.29) is 23.9 Å². The summed E-state index contributed by atoms with van der Waals surface area (Å²) in [6.07, 6.45) is 5.00. The highest BCUT2D eigenvalue weighted by Gasteiger charge is 2.31. The van der Waals surface area contributed by atoms with Gasteiger partial charge in [-0.05, 0) is 46.0 Å². The number of hydrogen-bond acceptors (Lipinski definition) is 4. The van der Waals surface area contributed by atoms with Crippen LogP contribution in [0.2, 0.25) is 0 Å². The van der Waals surface area contributed by atoms with Gasteiger partial charge in [0.2, 0.25) is 5.91 Å². The molecule has 0 aliphatic heterocycles. The Labute approximate surface area is 135 Å². The van der Waals surface area contributed by atoms with E-state index in [1.54, 1.807) is 6.08 Å². The number of hydrogen-bond donors (Lipinski definition) is 2. The third-order valence-corrected chi connectivity index (χ3v) is 4.52. The van der Waals surface area contributed by atoms with E-state index < -0.39 is 0 Å². The molecule has 1 aromatic heterocycles. The van der Waals surface area contributed by atoms with Crippen LogP contribution in [-0.4, -0.2) is 49.4 Å². The fourth-order valence-corrected chi connectivity index (χ4v) is 3.06. The topological polar surface area (TPSA) is 61.4 Å². The van der Waals surface area contributed by atoms with Crippen molar-refractivity contribution < 1.29 is 9.59 Å². The molecule has 6 heteroatoms. The number of carbonyl (C=O) groups excluding carboxylic acids is 2. The molecule has 0 unspecified atom stereocenters. The number of carbonyl (C=O) groups is 2. The van der Waals surface area contributed by atoms with Crippen molar-refractivity contribution in [2.75, 3.05) is 20.6 Å². The third-order valence-electron chi connectivity index (χ3n) is 3.52. The molecule has 0 bridgehead atoms.